The third kappa shape index (κ3) is 3.85. The SMILES string of the molecule is CC1CC=CC1CN(C)C(=O)OCc1ccccc1. The van der Waals surface area contributed by atoms with Crippen LogP contribution >= 0.6 is 0 Å². The van der Waals surface area contributed by atoms with Crippen molar-refractivity contribution in [1.82, 2.24) is 4.90 Å². The largest absolute Gasteiger partial charge is 0.445 e. The lowest BCUT2D eigenvalue weighted by Gasteiger charge is -2.22. The fourth-order valence-electron chi connectivity index (χ4n) is 2.29. The molecule has 0 fully saturated rings. The van der Waals surface area contributed by atoms with E-state index in [9.17, 15) is 4.79 Å². The molecule has 0 heterocycles. The molecule has 1 aliphatic carbocycles. The van der Waals surface area contributed by atoms with Crippen LogP contribution in [0, 0.1) is 11.8 Å². The van der Waals surface area contributed by atoms with Crippen LogP contribution in [0.1, 0.15) is 18.9 Å². The lowest BCUT2D eigenvalue weighted by molar-refractivity contribution is 0.0996. The maximum atomic E-state index is 11.9. The summed E-state index contributed by atoms with van der Waals surface area (Å²) in [5.74, 6) is 1.07. The molecule has 0 saturated heterocycles. The van der Waals surface area contributed by atoms with Gasteiger partial charge in [0.2, 0.25) is 0 Å². The summed E-state index contributed by atoms with van der Waals surface area (Å²) in [5, 5.41) is 0. The summed E-state index contributed by atoms with van der Waals surface area (Å²) < 4.78 is 5.30. The lowest BCUT2D eigenvalue weighted by atomic mass is 9.97. The van der Waals surface area contributed by atoms with Gasteiger partial charge in [0.15, 0.2) is 0 Å². The van der Waals surface area contributed by atoms with Crippen molar-refractivity contribution in [3.63, 3.8) is 0 Å². The fourth-order valence-corrected chi connectivity index (χ4v) is 2.29. The first kappa shape index (κ1) is 13.7. The smallest absolute Gasteiger partial charge is 0.409 e. The summed E-state index contributed by atoms with van der Waals surface area (Å²) >= 11 is 0. The Morgan fingerprint density at radius 1 is 1.37 bits per heavy atom. The zero-order valence-electron chi connectivity index (χ0n) is 11.6. The van der Waals surface area contributed by atoms with Crippen molar-refractivity contribution in [2.24, 2.45) is 11.8 Å². The van der Waals surface area contributed by atoms with E-state index in [1.807, 2.05) is 30.3 Å². The van der Waals surface area contributed by atoms with Crippen molar-refractivity contribution < 1.29 is 9.53 Å². The average molecular weight is 259 g/mol. The monoisotopic (exact) mass is 259 g/mol. The third-order valence-electron chi connectivity index (χ3n) is 3.62. The second-order valence-corrected chi connectivity index (χ2v) is 5.23. The van der Waals surface area contributed by atoms with Crippen LogP contribution in [0.5, 0.6) is 0 Å². The molecule has 1 amide bonds. The lowest BCUT2D eigenvalue weighted by Crippen LogP contribution is -2.32. The first-order valence-corrected chi connectivity index (χ1v) is 6.75. The van der Waals surface area contributed by atoms with E-state index in [1.54, 1.807) is 11.9 Å². The Labute approximate surface area is 114 Å². The van der Waals surface area contributed by atoms with E-state index in [1.165, 1.54) is 0 Å². The molecule has 0 aliphatic heterocycles. The molecule has 2 rings (SSSR count). The van der Waals surface area contributed by atoms with E-state index in [0.29, 0.717) is 18.4 Å². The van der Waals surface area contributed by atoms with Gasteiger partial charge >= 0.3 is 6.09 Å². The van der Waals surface area contributed by atoms with Gasteiger partial charge in [-0.3, -0.25) is 0 Å². The van der Waals surface area contributed by atoms with Crippen LogP contribution < -0.4 is 0 Å². The molecule has 0 N–H and O–H groups in total. The molecule has 0 spiro atoms. The first-order valence-electron chi connectivity index (χ1n) is 6.75. The summed E-state index contributed by atoms with van der Waals surface area (Å²) in [5.41, 5.74) is 1.01. The molecule has 19 heavy (non-hydrogen) atoms. The molecule has 3 nitrogen and oxygen atoms in total. The average Bonchev–Trinajstić information content (AvgIpc) is 2.82. The molecule has 1 aromatic carbocycles. The molecule has 3 heteroatoms. The standard InChI is InChI=1S/C16H21NO2/c1-13-7-6-10-15(13)11-17(2)16(18)19-12-14-8-4-3-5-9-14/h3-6,8-10,13,15H,7,11-12H2,1-2H3. The zero-order chi connectivity index (χ0) is 13.7. The highest BCUT2D eigenvalue weighted by Gasteiger charge is 2.22. The van der Waals surface area contributed by atoms with E-state index in [0.717, 1.165) is 18.5 Å². The Morgan fingerprint density at radius 3 is 2.74 bits per heavy atom. The number of allylic oxidation sites excluding steroid dienone is 1. The van der Waals surface area contributed by atoms with Gasteiger partial charge in [-0.2, -0.15) is 0 Å². The van der Waals surface area contributed by atoms with Gasteiger partial charge < -0.3 is 9.64 Å². The molecule has 1 aliphatic rings. The summed E-state index contributed by atoms with van der Waals surface area (Å²) in [6.45, 7) is 3.28. The molecule has 102 valence electrons. The predicted molar refractivity (Wildman–Crippen MR) is 75.7 cm³/mol. The maximum absolute atomic E-state index is 11.9. The van der Waals surface area contributed by atoms with Crippen molar-refractivity contribution in [3.8, 4) is 0 Å². The van der Waals surface area contributed by atoms with Crippen LogP contribution in [0.15, 0.2) is 42.5 Å². The van der Waals surface area contributed by atoms with Crippen molar-refractivity contribution in [2.45, 2.75) is 20.0 Å². The second kappa shape index (κ2) is 6.41. The molecular formula is C16H21NO2. The quantitative estimate of drug-likeness (QED) is 0.775. The van der Waals surface area contributed by atoms with Crippen LogP contribution in [0.4, 0.5) is 4.79 Å². The number of carbonyl (C=O) groups excluding carboxylic acids is 1. The van der Waals surface area contributed by atoms with Gasteiger partial charge in [-0.15, -0.1) is 0 Å². The number of ether oxygens (including phenoxy) is 1. The Hall–Kier alpha value is -1.77. The Bertz CT molecular complexity index is 441. The molecule has 2 unspecified atom stereocenters. The predicted octanol–water partition coefficient (Wildman–Crippen LogP) is 3.47. The minimum Gasteiger partial charge on any atom is -0.445 e. The van der Waals surface area contributed by atoms with Crippen molar-refractivity contribution in [2.75, 3.05) is 13.6 Å². The minimum atomic E-state index is -0.253. The van der Waals surface area contributed by atoms with E-state index >= 15 is 0 Å². The number of amides is 1. The summed E-state index contributed by atoms with van der Waals surface area (Å²) in [4.78, 5) is 13.6. The van der Waals surface area contributed by atoms with Gasteiger partial charge in [-0.05, 0) is 23.8 Å². The molecule has 0 radical (unpaired) electrons. The van der Waals surface area contributed by atoms with Crippen molar-refractivity contribution in [1.29, 1.82) is 0 Å². The van der Waals surface area contributed by atoms with Gasteiger partial charge in [-0.25, -0.2) is 4.79 Å². The van der Waals surface area contributed by atoms with Crippen LogP contribution in [-0.4, -0.2) is 24.6 Å². The number of carbonyl (C=O) groups is 1. The number of benzene rings is 1. The summed E-state index contributed by atoms with van der Waals surface area (Å²) in [6.07, 6.45) is 5.25. The van der Waals surface area contributed by atoms with E-state index in [-0.39, 0.29) is 6.09 Å². The van der Waals surface area contributed by atoms with Crippen LogP contribution in [-0.2, 0) is 11.3 Å². The van der Waals surface area contributed by atoms with Crippen LogP contribution in [0.3, 0.4) is 0 Å². The highest BCUT2D eigenvalue weighted by molar-refractivity contribution is 5.67. The van der Waals surface area contributed by atoms with Crippen molar-refractivity contribution >= 4 is 6.09 Å². The van der Waals surface area contributed by atoms with Gasteiger partial charge in [0.25, 0.3) is 0 Å². The topological polar surface area (TPSA) is 29.5 Å². The normalized spacial score (nSPS) is 21.4. The Balaban J connectivity index is 1.78. The zero-order valence-corrected chi connectivity index (χ0v) is 11.6. The second-order valence-electron chi connectivity index (χ2n) is 5.23. The fraction of sp³-hybridized carbons (Fsp3) is 0.438. The Morgan fingerprint density at radius 2 is 2.11 bits per heavy atom. The number of nitrogens with zero attached hydrogens (tertiary/aromatic N) is 1. The highest BCUT2D eigenvalue weighted by atomic mass is 16.6. The summed E-state index contributed by atoms with van der Waals surface area (Å²) in [6, 6.07) is 9.74. The molecule has 1 aromatic rings. The van der Waals surface area contributed by atoms with Gasteiger partial charge in [0, 0.05) is 13.6 Å². The molecular weight excluding hydrogens is 238 g/mol. The maximum Gasteiger partial charge on any atom is 0.409 e. The van der Waals surface area contributed by atoms with Gasteiger partial charge in [0.05, 0.1) is 0 Å². The number of rotatable bonds is 4. The molecule has 0 saturated carbocycles. The van der Waals surface area contributed by atoms with Gasteiger partial charge in [0.1, 0.15) is 6.61 Å². The van der Waals surface area contributed by atoms with E-state index in [2.05, 4.69) is 19.1 Å². The van der Waals surface area contributed by atoms with E-state index in [4.69, 9.17) is 4.74 Å². The van der Waals surface area contributed by atoms with Crippen LogP contribution in [0.25, 0.3) is 0 Å². The molecule has 2 atom stereocenters. The van der Waals surface area contributed by atoms with Crippen LogP contribution in [0.2, 0.25) is 0 Å². The Kier molecular flexibility index (Phi) is 4.61. The third-order valence-corrected chi connectivity index (χ3v) is 3.62. The van der Waals surface area contributed by atoms with Gasteiger partial charge in [-0.1, -0.05) is 49.4 Å². The molecule has 0 aromatic heterocycles. The first-order chi connectivity index (χ1) is 9.16. The number of hydrogen-bond donors (Lipinski definition) is 0. The molecule has 0 bridgehead atoms. The minimum absolute atomic E-state index is 0.253. The number of hydrogen-bond acceptors (Lipinski definition) is 2. The highest BCUT2D eigenvalue weighted by Crippen LogP contribution is 2.25. The summed E-state index contributed by atoms with van der Waals surface area (Å²) in [7, 11) is 1.80. The van der Waals surface area contributed by atoms with E-state index < -0.39 is 0 Å². The van der Waals surface area contributed by atoms with Crippen molar-refractivity contribution in [3.05, 3.63) is 48.0 Å².